The maximum Gasteiger partial charge on any atom is 0.124 e. The third kappa shape index (κ3) is 6.96. The molecular weight excluding hydrogens is 332 g/mol. The number of rotatable bonds is 10. The van der Waals surface area contributed by atoms with Crippen molar-refractivity contribution in [2.24, 2.45) is 0 Å². The number of piperidine rings is 1. The van der Waals surface area contributed by atoms with Crippen LogP contribution in [0.5, 0.6) is 11.5 Å². The summed E-state index contributed by atoms with van der Waals surface area (Å²) in [5.41, 5.74) is 2.05. The van der Waals surface area contributed by atoms with E-state index in [9.17, 15) is 10.2 Å². The fourth-order valence-electron chi connectivity index (χ4n) is 3.01. The number of methoxy groups -OCH3 is 1. The minimum atomic E-state index is -0.566. The number of hydrogen-bond acceptors (Lipinski definition) is 6. The largest absolute Gasteiger partial charge is 0.497 e. The highest BCUT2D eigenvalue weighted by Gasteiger charge is 2.19. The smallest absolute Gasteiger partial charge is 0.124 e. The first-order valence-electron chi connectivity index (χ1n) is 9.21. The molecule has 0 radical (unpaired) electrons. The van der Waals surface area contributed by atoms with Crippen LogP contribution in [0.1, 0.15) is 25.3 Å². The number of nitrogens with zero attached hydrogens (tertiary/aromatic N) is 1. The summed E-state index contributed by atoms with van der Waals surface area (Å²) >= 11 is 0. The van der Waals surface area contributed by atoms with Crippen molar-refractivity contribution in [3.63, 3.8) is 0 Å². The van der Waals surface area contributed by atoms with E-state index in [2.05, 4.69) is 16.8 Å². The van der Waals surface area contributed by atoms with Crippen LogP contribution in [-0.4, -0.2) is 67.2 Å². The molecule has 1 fully saturated rings. The molecule has 1 aromatic carbocycles. The van der Waals surface area contributed by atoms with E-state index in [0.717, 1.165) is 55.1 Å². The summed E-state index contributed by atoms with van der Waals surface area (Å²) in [6.45, 7) is 9.67. The summed E-state index contributed by atoms with van der Waals surface area (Å²) in [7, 11) is 1.64. The van der Waals surface area contributed by atoms with E-state index in [1.54, 1.807) is 7.11 Å². The number of aliphatic hydroxyl groups is 2. The molecule has 6 heteroatoms. The molecule has 0 aliphatic carbocycles. The SMILES string of the molecule is C=C(C)CNCc1cc(OC)ccc1OCC(O)CN1CCC(O)CC1. The Labute approximate surface area is 156 Å². The summed E-state index contributed by atoms with van der Waals surface area (Å²) < 4.78 is 11.2. The summed E-state index contributed by atoms with van der Waals surface area (Å²) in [5.74, 6) is 1.52. The predicted molar refractivity (Wildman–Crippen MR) is 103 cm³/mol. The van der Waals surface area contributed by atoms with Gasteiger partial charge in [0.15, 0.2) is 0 Å². The van der Waals surface area contributed by atoms with Gasteiger partial charge >= 0.3 is 0 Å². The van der Waals surface area contributed by atoms with E-state index < -0.39 is 6.10 Å². The number of benzene rings is 1. The molecule has 146 valence electrons. The Morgan fingerprint density at radius 1 is 1.38 bits per heavy atom. The molecular formula is C20H32N2O4. The van der Waals surface area contributed by atoms with Gasteiger partial charge in [0, 0.05) is 38.3 Å². The second-order valence-electron chi connectivity index (χ2n) is 7.03. The number of aliphatic hydroxyl groups excluding tert-OH is 2. The lowest BCUT2D eigenvalue weighted by atomic mass is 10.1. The molecule has 0 aromatic heterocycles. The minimum Gasteiger partial charge on any atom is -0.497 e. The highest BCUT2D eigenvalue weighted by atomic mass is 16.5. The third-order valence-electron chi connectivity index (χ3n) is 4.47. The van der Waals surface area contributed by atoms with E-state index in [1.807, 2.05) is 25.1 Å². The topological polar surface area (TPSA) is 74.2 Å². The van der Waals surface area contributed by atoms with Gasteiger partial charge < -0.3 is 29.9 Å². The average molecular weight is 364 g/mol. The number of ether oxygens (including phenoxy) is 2. The van der Waals surface area contributed by atoms with Crippen molar-refractivity contribution < 1.29 is 19.7 Å². The Morgan fingerprint density at radius 3 is 2.77 bits per heavy atom. The van der Waals surface area contributed by atoms with Gasteiger partial charge in [-0.25, -0.2) is 0 Å². The Balaban J connectivity index is 1.87. The monoisotopic (exact) mass is 364 g/mol. The molecule has 0 amide bonds. The molecule has 0 bridgehead atoms. The van der Waals surface area contributed by atoms with Crippen molar-refractivity contribution in [2.45, 2.75) is 38.5 Å². The van der Waals surface area contributed by atoms with Gasteiger partial charge in [-0.2, -0.15) is 0 Å². The van der Waals surface area contributed by atoms with Crippen molar-refractivity contribution >= 4 is 0 Å². The highest BCUT2D eigenvalue weighted by Crippen LogP contribution is 2.24. The van der Waals surface area contributed by atoms with E-state index in [1.165, 1.54) is 0 Å². The van der Waals surface area contributed by atoms with Gasteiger partial charge in [0.05, 0.1) is 13.2 Å². The first-order valence-corrected chi connectivity index (χ1v) is 9.21. The van der Waals surface area contributed by atoms with E-state index in [4.69, 9.17) is 9.47 Å². The number of hydrogen-bond donors (Lipinski definition) is 3. The number of nitrogens with one attached hydrogen (secondary N) is 1. The zero-order valence-electron chi connectivity index (χ0n) is 15.9. The normalized spacial score (nSPS) is 17.1. The maximum absolute atomic E-state index is 10.3. The average Bonchev–Trinajstić information content (AvgIpc) is 2.62. The van der Waals surface area contributed by atoms with E-state index in [0.29, 0.717) is 13.1 Å². The molecule has 0 spiro atoms. The van der Waals surface area contributed by atoms with Crippen LogP contribution in [0.15, 0.2) is 30.4 Å². The molecule has 1 aromatic rings. The lowest BCUT2D eigenvalue weighted by Gasteiger charge is -2.31. The Morgan fingerprint density at radius 2 is 2.12 bits per heavy atom. The molecule has 1 saturated heterocycles. The summed E-state index contributed by atoms with van der Waals surface area (Å²) in [4.78, 5) is 2.17. The van der Waals surface area contributed by atoms with Crippen LogP contribution in [-0.2, 0) is 6.54 Å². The summed E-state index contributed by atoms with van der Waals surface area (Å²) in [6, 6.07) is 5.68. The van der Waals surface area contributed by atoms with Gasteiger partial charge in [-0.3, -0.25) is 0 Å². The zero-order chi connectivity index (χ0) is 18.9. The molecule has 2 rings (SSSR count). The van der Waals surface area contributed by atoms with Crippen LogP contribution >= 0.6 is 0 Å². The van der Waals surface area contributed by atoms with Crippen LogP contribution in [0, 0.1) is 0 Å². The molecule has 0 saturated carbocycles. The molecule has 1 atom stereocenters. The van der Waals surface area contributed by atoms with Crippen molar-refractivity contribution in [3.05, 3.63) is 35.9 Å². The van der Waals surface area contributed by atoms with Crippen molar-refractivity contribution in [2.75, 3.05) is 39.9 Å². The lowest BCUT2D eigenvalue weighted by molar-refractivity contribution is 0.0336. The Hall–Kier alpha value is -1.60. The van der Waals surface area contributed by atoms with Crippen LogP contribution in [0.2, 0.25) is 0 Å². The minimum absolute atomic E-state index is 0.201. The fourth-order valence-corrected chi connectivity index (χ4v) is 3.01. The Kier molecular flexibility index (Phi) is 8.38. The fraction of sp³-hybridized carbons (Fsp3) is 0.600. The molecule has 6 nitrogen and oxygen atoms in total. The molecule has 1 unspecified atom stereocenters. The standard InChI is InChI=1S/C20H32N2O4/c1-15(2)11-21-12-16-10-19(25-3)4-5-20(16)26-14-18(24)13-22-8-6-17(23)7-9-22/h4-5,10,17-18,21,23-24H,1,6-9,11-14H2,2-3H3. The van der Waals surface area contributed by atoms with Gasteiger partial charge in [0.25, 0.3) is 0 Å². The van der Waals surface area contributed by atoms with Gasteiger partial charge in [-0.1, -0.05) is 12.2 Å². The molecule has 3 N–H and O–H groups in total. The van der Waals surface area contributed by atoms with Crippen LogP contribution in [0.25, 0.3) is 0 Å². The predicted octanol–water partition coefficient (Wildman–Crippen LogP) is 1.56. The highest BCUT2D eigenvalue weighted by molar-refractivity contribution is 5.40. The summed E-state index contributed by atoms with van der Waals surface area (Å²) in [5, 5.41) is 23.2. The number of likely N-dealkylation sites (tertiary alicyclic amines) is 1. The van der Waals surface area contributed by atoms with Crippen molar-refractivity contribution in [1.82, 2.24) is 10.2 Å². The molecule has 26 heavy (non-hydrogen) atoms. The number of β-amino-alcohol motifs (C(OH)–C–C–N with tert-alkyl or cyclic N) is 1. The second kappa shape index (κ2) is 10.5. The zero-order valence-corrected chi connectivity index (χ0v) is 15.9. The van der Waals surface area contributed by atoms with E-state index in [-0.39, 0.29) is 12.7 Å². The van der Waals surface area contributed by atoms with Crippen LogP contribution in [0.3, 0.4) is 0 Å². The molecule has 1 heterocycles. The van der Waals surface area contributed by atoms with Crippen LogP contribution < -0.4 is 14.8 Å². The van der Waals surface area contributed by atoms with Gasteiger partial charge in [0.2, 0.25) is 0 Å². The van der Waals surface area contributed by atoms with Crippen molar-refractivity contribution in [3.8, 4) is 11.5 Å². The lowest BCUT2D eigenvalue weighted by Crippen LogP contribution is -2.41. The third-order valence-corrected chi connectivity index (χ3v) is 4.47. The Bertz CT molecular complexity index is 571. The van der Waals surface area contributed by atoms with Gasteiger partial charge in [-0.15, -0.1) is 0 Å². The van der Waals surface area contributed by atoms with Crippen LogP contribution in [0.4, 0.5) is 0 Å². The maximum atomic E-state index is 10.3. The van der Waals surface area contributed by atoms with Gasteiger partial charge in [0.1, 0.15) is 24.2 Å². The van der Waals surface area contributed by atoms with Gasteiger partial charge in [-0.05, 0) is 38.0 Å². The summed E-state index contributed by atoms with van der Waals surface area (Å²) in [6.07, 6.45) is 0.770. The molecule has 1 aliphatic rings. The van der Waals surface area contributed by atoms with E-state index >= 15 is 0 Å². The molecule has 1 aliphatic heterocycles. The first kappa shape index (κ1) is 20.7. The van der Waals surface area contributed by atoms with Crippen molar-refractivity contribution in [1.29, 1.82) is 0 Å². The second-order valence-corrected chi connectivity index (χ2v) is 7.03. The quantitative estimate of drug-likeness (QED) is 0.547. The first-order chi connectivity index (χ1) is 12.5.